The first-order chi connectivity index (χ1) is 11.8. The molecule has 0 aliphatic carbocycles. The second-order valence-electron chi connectivity index (χ2n) is 5.83. The lowest BCUT2D eigenvalue weighted by atomic mass is 9.89. The number of rotatable bonds is 3. The van der Waals surface area contributed by atoms with Crippen LogP contribution in [-0.4, -0.2) is 48.4 Å². The predicted octanol–water partition coefficient (Wildman–Crippen LogP) is 0.205. The van der Waals surface area contributed by atoms with E-state index in [1.165, 1.54) is 17.8 Å². The summed E-state index contributed by atoms with van der Waals surface area (Å²) in [5, 5.41) is 13.6. The van der Waals surface area contributed by atoms with Gasteiger partial charge in [0.25, 0.3) is 0 Å². The molecule has 11 heteroatoms. The van der Waals surface area contributed by atoms with Crippen LogP contribution >= 0.6 is 12.2 Å². The molecule has 0 aromatic carbocycles. The summed E-state index contributed by atoms with van der Waals surface area (Å²) in [6, 6.07) is -0.818. The van der Waals surface area contributed by atoms with Gasteiger partial charge in [0, 0.05) is 0 Å². The van der Waals surface area contributed by atoms with Crippen molar-refractivity contribution in [2.45, 2.75) is 43.9 Å². The molecule has 132 valence electrons. The fourth-order valence-electron chi connectivity index (χ4n) is 2.97. The molecule has 1 aliphatic heterocycles. The lowest BCUT2D eigenvalue weighted by Crippen LogP contribution is -2.54. The van der Waals surface area contributed by atoms with Crippen molar-refractivity contribution in [3.8, 4) is 11.8 Å². The molecular weight excluding hydrogens is 346 g/mol. The molecule has 0 bridgehead atoms. The second-order valence-corrected chi connectivity index (χ2v) is 6.21. The van der Waals surface area contributed by atoms with E-state index in [4.69, 9.17) is 28.4 Å². The van der Waals surface area contributed by atoms with Gasteiger partial charge in [-0.2, -0.15) is 4.91 Å². The summed E-state index contributed by atoms with van der Waals surface area (Å²) in [4.78, 5) is 21.9. The number of aromatic nitrogens is 4. The third-order valence-corrected chi connectivity index (χ3v) is 4.48. The summed E-state index contributed by atoms with van der Waals surface area (Å²) in [7, 11) is 0. The van der Waals surface area contributed by atoms with Gasteiger partial charge in [-0.05, 0) is 13.8 Å². The van der Waals surface area contributed by atoms with Crippen LogP contribution in [0.4, 0.5) is 5.95 Å². The molecule has 1 fully saturated rings. The number of nitrogens with one attached hydrogen (secondary N) is 1. The first kappa shape index (κ1) is 17.4. The molecule has 5 atom stereocenters. The molecular formula is C14H17N7O3S. The van der Waals surface area contributed by atoms with Crippen LogP contribution in [0, 0.1) is 21.4 Å². The van der Waals surface area contributed by atoms with E-state index in [1.807, 2.05) is 0 Å². The Morgan fingerprint density at radius 1 is 1.64 bits per heavy atom. The quantitative estimate of drug-likeness (QED) is 0.342. The Bertz CT molecular complexity index is 945. The fraction of sp³-hybridized carbons (Fsp3) is 0.500. The number of hydrogen-bond donors (Lipinski definition) is 4. The number of H-pyrrole nitrogens is 1. The highest BCUT2D eigenvalue weighted by atomic mass is 32.1. The van der Waals surface area contributed by atoms with Gasteiger partial charge in [-0.1, -0.05) is 23.3 Å². The van der Waals surface area contributed by atoms with Gasteiger partial charge in [0.15, 0.2) is 22.4 Å². The number of imidazole rings is 1. The summed E-state index contributed by atoms with van der Waals surface area (Å²) in [6.45, 7) is 3.12. The highest BCUT2D eigenvalue weighted by Gasteiger charge is 2.56. The minimum atomic E-state index is -1.49. The molecule has 1 aliphatic rings. The van der Waals surface area contributed by atoms with Gasteiger partial charge in [-0.15, -0.1) is 5.92 Å². The number of nitroso groups, excluding NO2 is 1. The number of aliphatic hydroxyl groups excluding tert-OH is 1. The van der Waals surface area contributed by atoms with Gasteiger partial charge in [0.05, 0.1) is 6.33 Å². The lowest BCUT2D eigenvalue weighted by Gasteiger charge is -2.28. The first-order valence-corrected chi connectivity index (χ1v) is 7.85. The standard InChI is InChI=1S/C14H17N7O3S/c1-3-4-14(16)9(22)8(6(2)20-23)24-12(14)21-5-17-7-10(21)18-13(15)19-11(7)25/h5-6,8-9,12,22H,16H2,1-2H3,(H3,15,18,19,25)/t6-,8-,9?,12-,14-/m1/s1. The van der Waals surface area contributed by atoms with Gasteiger partial charge in [0.2, 0.25) is 0 Å². The van der Waals surface area contributed by atoms with E-state index < -0.39 is 30.0 Å². The van der Waals surface area contributed by atoms with E-state index >= 15 is 0 Å². The highest BCUT2D eigenvalue weighted by molar-refractivity contribution is 7.71. The molecule has 0 spiro atoms. The fourth-order valence-corrected chi connectivity index (χ4v) is 3.22. The van der Waals surface area contributed by atoms with E-state index in [0.29, 0.717) is 11.2 Å². The average Bonchev–Trinajstić information content (AvgIpc) is 3.08. The molecule has 3 rings (SSSR count). The van der Waals surface area contributed by atoms with Gasteiger partial charge in [-0.3, -0.25) is 4.57 Å². The van der Waals surface area contributed by atoms with Gasteiger partial charge in [0.1, 0.15) is 29.4 Å². The number of nitrogens with two attached hydrogens (primary N) is 2. The third-order valence-electron chi connectivity index (χ3n) is 4.20. The molecule has 3 heterocycles. The molecule has 2 aromatic rings. The minimum Gasteiger partial charge on any atom is -0.387 e. The van der Waals surface area contributed by atoms with Gasteiger partial charge in [-0.25, -0.2) is 9.97 Å². The van der Waals surface area contributed by atoms with Crippen molar-refractivity contribution in [2.75, 3.05) is 5.73 Å². The van der Waals surface area contributed by atoms with E-state index in [0.717, 1.165) is 0 Å². The molecule has 0 amide bonds. The monoisotopic (exact) mass is 363 g/mol. The molecule has 1 unspecified atom stereocenters. The Hall–Kier alpha value is -2.39. The van der Waals surface area contributed by atoms with Crippen molar-refractivity contribution in [1.82, 2.24) is 19.5 Å². The van der Waals surface area contributed by atoms with Gasteiger partial charge >= 0.3 is 0 Å². The van der Waals surface area contributed by atoms with E-state index in [2.05, 4.69) is 32.0 Å². The highest BCUT2D eigenvalue weighted by Crippen LogP contribution is 2.39. The van der Waals surface area contributed by atoms with Crippen molar-refractivity contribution in [2.24, 2.45) is 10.9 Å². The second kappa shape index (κ2) is 6.16. The maximum atomic E-state index is 10.9. The van der Waals surface area contributed by atoms with Crippen molar-refractivity contribution in [3.63, 3.8) is 0 Å². The van der Waals surface area contributed by atoms with Crippen LogP contribution < -0.4 is 11.5 Å². The van der Waals surface area contributed by atoms with Crippen molar-refractivity contribution in [3.05, 3.63) is 15.9 Å². The topological polar surface area (TPSA) is 157 Å². The Morgan fingerprint density at radius 2 is 2.36 bits per heavy atom. The first-order valence-electron chi connectivity index (χ1n) is 7.44. The van der Waals surface area contributed by atoms with Crippen LogP contribution in [-0.2, 0) is 4.74 Å². The lowest BCUT2D eigenvalue weighted by molar-refractivity contribution is -0.0289. The molecule has 1 saturated heterocycles. The Morgan fingerprint density at radius 3 is 3.00 bits per heavy atom. The Kier molecular flexibility index (Phi) is 4.29. The molecule has 2 aromatic heterocycles. The smallest absolute Gasteiger partial charge is 0.200 e. The normalized spacial score (nSPS) is 30.0. The molecule has 6 N–H and O–H groups in total. The summed E-state index contributed by atoms with van der Waals surface area (Å²) in [5.41, 5.74) is 11.4. The number of ether oxygens (including phenoxy) is 1. The average molecular weight is 363 g/mol. The van der Waals surface area contributed by atoms with E-state index in [1.54, 1.807) is 6.92 Å². The Labute approximate surface area is 147 Å². The van der Waals surface area contributed by atoms with E-state index in [9.17, 15) is 10.0 Å². The zero-order valence-corrected chi connectivity index (χ0v) is 14.3. The van der Waals surface area contributed by atoms with Crippen LogP contribution in [0.25, 0.3) is 11.2 Å². The number of nitrogen functional groups attached to an aromatic ring is 1. The summed E-state index contributed by atoms with van der Waals surface area (Å²) in [5.74, 6) is 5.58. The number of hydrogen-bond acceptors (Lipinski definition) is 9. The van der Waals surface area contributed by atoms with Crippen LogP contribution in [0.15, 0.2) is 11.5 Å². The summed E-state index contributed by atoms with van der Waals surface area (Å²) >= 11 is 5.15. The largest absolute Gasteiger partial charge is 0.387 e. The summed E-state index contributed by atoms with van der Waals surface area (Å²) in [6.07, 6.45) is -1.66. The number of aromatic amines is 1. The number of nitrogens with zero attached hydrogens (tertiary/aromatic N) is 4. The number of fused-ring (bicyclic) bond motifs is 1. The maximum absolute atomic E-state index is 10.9. The maximum Gasteiger partial charge on any atom is 0.200 e. The van der Waals surface area contributed by atoms with Crippen LogP contribution in [0.2, 0.25) is 0 Å². The van der Waals surface area contributed by atoms with Gasteiger partial charge < -0.3 is 26.3 Å². The number of anilines is 1. The SMILES string of the molecule is CC#C[C@@]1(N)C(O)[C@@H]([C@@H](C)N=O)O[C@H]1n1cnc2c(=S)nc(N)[nH]c21. The molecule has 0 radical (unpaired) electrons. The predicted molar refractivity (Wildman–Crippen MR) is 92.7 cm³/mol. The van der Waals surface area contributed by atoms with Crippen LogP contribution in [0.3, 0.4) is 0 Å². The zero-order valence-electron chi connectivity index (χ0n) is 13.5. The molecule has 10 nitrogen and oxygen atoms in total. The molecule has 25 heavy (non-hydrogen) atoms. The van der Waals surface area contributed by atoms with Crippen LogP contribution in [0.1, 0.15) is 20.1 Å². The molecule has 0 saturated carbocycles. The zero-order chi connectivity index (χ0) is 18.4. The number of aliphatic hydroxyl groups is 1. The van der Waals surface area contributed by atoms with Crippen molar-refractivity contribution >= 4 is 29.3 Å². The third kappa shape index (κ3) is 2.59. The summed E-state index contributed by atoms with van der Waals surface area (Å²) < 4.78 is 7.61. The van der Waals surface area contributed by atoms with Crippen molar-refractivity contribution in [1.29, 1.82) is 0 Å². The van der Waals surface area contributed by atoms with Crippen LogP contribution in [0.5, 0.6) is 0 Å². The van der Waals surface area contributed by atoms with Crippen molar-refractivity contribution < 1.29 is 9.84 Å². The van der Waals surface area contributed by atoms with E-state index in [-0.39, 0.29) is 10.6 Å². The Balaban J connectivity index is 2.19. The minimum absolute atomic E-state index is 0.0986.